The summed E-state index contributed by atoms with van der Waals surface area (Å²) in [5, 5.41) is 9.34. The molecule has 1 saturated heterocycles. The van der Waals surface area contributed by atoms with Crippen LogP contribution in [0.15, 0.2) is 18.2 Å². The number of benzene rings is 1. The molecular formula is C12H14FNO3. The summed E-state index contributed by atoms with van der Waals surface area (Å²) < 4.78 is 18.2. The van der Waals surface area contributed by atoms with Crippen molar-refractivity contribution in [2.45, 2.75) is 12.5 Å². The molecule has 1 aromatic carbocycles. The summed E-state index contributed by atoms with van der Waals surface area (Å²) in [6, 6.07) is 4.11. The zero-order valence-electron chi connectivity index (χ0n) is 9.52. The van der Waals surface area contributed by atoms with E-state index in [1.165, 1.54) is 24.1 Å². The maximum atomic E-state index is 13.4. The van der Waals surface area contributed by atoms with Gasteiger partial charge in [-0.1, -0.05) is 0 Å². The molecule has 1 amide bonds. The first-order valence-corrected chi connectivity index (χ1v) is 5.42. The number of halogens is 1. The highest BCUT2D eigenvalue weighted by Crippen LogP contribution is 2.20. The van der Waals surface area contributed by atoms with E-state index in [9.17, 15) is 14.3 Å². The summed E-state index contributed by atoms with van der Waals surface area (Å²) in [4.78, 5) is 13.5. The Bertz CT molecular complexity index is 436. The number of amides is 1. The molecule has 0 radical (unpaired) electrons. The van der Waals surface area contributed by atoms with Gasteiger partial charge in [-0.25, -0.2) is 4.39 Å². The fourth-order valence-corrected chi connectivity index (χ4v) is 1.91. The zero-order valence-corrected chi connectivity index (χ0v) is 9.52. The molecule has 1 N–H and O–H groups in total. The Labute approximate surface area is 98.6 Å². The Morgan fingerprint density at radius 1 is 1.59 bits per heavy atom. The van der Waals surface area contributed by atoms with E-state index in [0.29, 0.717) is 19.5 Å². The number of aliphatic hydroxyl groups is 1. The van der Waals surface area contributed by atoms with Crippen LogP contribution < -0.4 is 4.74 Å². The molecule has 0 saturated carbocycles. The topological polar surface area (TPSA) is 49.8 Å². The highest BCUT2D eigenvalue weighted by atomic mass is 19.1. The fraction of sp³-hybridized carbons (Fsp3) is 0.417. The van der Waals surface area contributed by atoms with E-state index in [1.54, 1.807) is 0 Å². The number of nitrogens with zero attached hydrogens (tertiary/aromatic N) is 1. The minimum absolute atomic E-state index is 0.114. The number of carbonyl (C=O) groups excluding carboxylic acids is 1. The minimum atomic E-state index is -0.557. The van der Waals surface area contributed by atoms with Crippen molar-refractivity contribution >= 4 is 5.91 Å². The van der Waals surface area contributed by atoms with Crippen LogP contribution in [0.3, 0.4) is 0 Å². The lowest BCUT2D eigenvalue weighted by molar-refractivity contribution is 0.0764. The molecule has 1 fully saturated rings. The number of aliphatic hydroxyl groups excluding tert-OH is 1. The first kappa shape index (κ1) is 11.9. The molecule has 5 heteroatoms. The minimum Gasteiger partial charge on any atom is -0.494 e. The van der Waals surface area contributed by atoms with Crippen LogP contribution in [0.5, 0.6) is 5.75 Å². The highest BCUT2D eigenvalue weighted by Gasteiger charge is 2.25. The molecule has 1 atom stereocenters. The molecule has 1 aliphatic heterocycles. The van der Waals surface area contributed by atoms with Gasteiger partial charge in [0, 0.05) is 18.7 Å². The molecule has 4 nitrogen and oxygen atoms in total. The molecule has 0 unspecified atom stereocenters. The molecule has 2 rings (SSSR count). The largest absolute Gasteiger partial charge is 0.494 e. The lowest BCUT2D eigenvalue weighted by Crippen LogP contribution is -2.29. The predicted molar refractivity (Wildman–Crippen MR) is 59.5 cm³/mol. The SMILES string of the molecule is COc1ccc(C(=O)N2CC[C@@H](O)C2)cc1F. The lowest BCUT2D eigenvalue weighted by Gasteiger charge is -2.15. The van der Waals surface area contributed by atoms with E-state index in [-0.39, 0.29) is 17.2 Å². The second-order valence-electron chi connectivity index (χ2n) is 4.04. The maximum Gasteiger partial charge on any atom is 0.254 e. The zero-order chi connectivity index (χ0) is 12.4. The normalized spacial score (nSPS) is 19.5. The third kappa shape index (κ3) is 2.39. The van der Waals surface area contributed by atoms with Crippen LogP contribution in [0.4, 0.5) is 4.39 Å². The Hall–Kier alpha value is -1.62. The standard InChI is InChI=1S/C12H14FNO3/c1-17-11-3-2-8(6-10(11)13)12(16)14-5-4-9(15)7-14/h2-3,6,9,15H,4-5,7H2,1H3/t9-/m1/s1. The quantitative estimate of drug-likeness (QED) is 0.839. The van der Waals surface area contributed by atoms with E-state index in [0.717, 1.165) is 6.07 Å². The number of methoxy groups -OCH3 is 1. The summed E-state index contributed by atoms with van der Waals surface area (Å²) in [6.45, 7) is 0.820. The summed E-state index contributed by atoms with van der Waals surface area (Å²) in [7, 11) is 1.37. The molecule has 1 heterocycles. The van der Waals surface area contributed by atoms with Crippen LogP contribution in [0, 0.1) is 5.82 Å². The Balaban J connectivity index is 2.17. The van der Waals surface area contributed by atoms with Crippen molar-refractivity contribution in [2.75, 3.05) is 20.2 Å². The molecule has 0 aromatic heterocycles. The maximum absolute atomic E-state index is 13.4. The molecule has 92 valence electrons. The van der Waals surface area contributed by atoms with E-state index in [4.69, 9.17) is 4.74 Å². The van der Waals surface area contributed by atoms with E-state index >= 15 is 0 Å². The molecule has 1 aromatic rings. The summed E-state index contributed by atoms with van der Waals surface area (Å²) >= 11 is 0. The molecular weight excluding hydrogens is 225 g/mol. The fourth-order valence-electron chi connectivity index (χ4n) is 1.91. The predicted octanol–water partition coefficient (Wildman–Crippen LogP) is 1.04. The van der Waals surface area contributed by atoms with Crippen LogP contribution >= 0.6 is 0 Å². The van der Waals surface area contributed by atoms with Crippen molar-refractivity contribution in [3.8, 4) is 5.75 Å². The monoisotopic (exact) mass is 239 g/mol. The highest BCUT2D eigenvalue weighted by molar-refractivity contribution is 5.94. The first-order chi connectivity index (χ1) is 8.11. The second kappa shape index (κ2) is 4.71. The first-order valence-electron chi connectivity index (χ1n) is 5.42. The number of ether oxygens (including phenoxy) is 1. The van der Waals surface area contributed by atoms with Crippen LogP contribution in [0.25, 0.3) is 0 Å². The van der Waals surface area contributed by atoms with Crippen LogP contribution in [-0.2, 0) is 0 Å². The van der Waals surface area contributed by atoms with Crippen molar-refractivity contribution in [2.24, 2.45) is 0 Å². The van der Waals surface area contributed by atoms with Gasteiger partial charge in [0.1, 0.15) is 0 Å². The van der Waals surface area contributed by atoms with Gasteiger partial charge in [-0.3, -0.25) is 4.79 Å². The average Bonchev–Trinajstić information content (AvgIpc) is 2.75. The average molecular weight is 239 g/mol. The van der Waals surface area contributed by atoms with E-state index in [2.05, 4.69) is 0 Å². The van der Waals surface area contributed by atoms with Gasteiger partial charge < -0.3 is 14.7 Å². The Kier molecular flexibility index (Phi) is 3.28. The Morgan fingerprint density at radius 2 is 2.35 bits per heavy atom. The number of β-amino-alcohol motifs (C(OH)–C–C–N with tert-alkyl or cyclic N) is 1. The number of hydrogen-bond acceptors (Lipinski definition) is 3. The smallest absolute Gasteiger partial charge is 0.254 e. The van der Waals surface area contributed by atoms with Gasteiger partial charge >= 0.3 is 0 Å². The molecule has 17 heavy (non-hydrogen) atoms. The van der Waals surface area contributed by atoms with Gasteiger partial charge in [0.2, 0.25) is 0 Å². The van der Waals surface area contributed by atoms with Gasteiger partial charge in [-0.15, -0.1) is 0 Å². The number of carbonyl (C=O) groups is 1. The molecule has 0 aliphatic carbocycles. The molecule has 0 spiro atoms. The molecule has 0 bridgehead atoms. The van der Waals surface area contributed by atoms with Crippen molar-refractivity contribution in [1.29, 1.82) is 0 Å². The molecule has 1 aliphatic rings. The Morgan fingerprint density at radius 3 is 2.88 bits per heavy atom. The van der Waals surface area contributed by atoms with Crippen LogP contribution in [0.2, 0.25) is 0 Å². The van der Waals surface area contributed by atoms with E-state index < -0.39 is 11.9 Å². The van der Waals surface area contributed by atoms with Crippen molar-refractivity contribution in [3.63, 3.8) is 0 Å². The number of likely N-dealkylation sites (tertiary alicyclic amines) is 1. The third-order valence-corrected chi connectivity index (χ3v) is 2.85. The van der Waals surface area contributed by atoms with Crippen molar-refractivity contribution in [1.82, 2.24) is 4.90 Å². The van der Waals surface area contributed by atoms with Crippen molar-refractivity contribution in [3.05, 3.63) is 29.6 Å². The van der Waals surface area contributed by atoms with Gasteiger partial charge in [0.25, 0.3) is 5.91 Å². The second-order valence-corrected chi connectivity index (χ2v) is 4.04. The third-order valence-electron chi connectivity index (χ3n) is 2.85. The van der Waals surface area contributed by atoms with Crippen LogP contribution in [0.1, 0.15) is 16.8 Å². The number of rotatable bonds is 2. The lowest BCUT2D eigenvalue weighted by atomic mass is 10.2. The van der Waals surface area contributed by atoms with Crippen molar-refractivity contribution < 1.29 is 19.0 Å². The van der Waals surface area contributed by atoms with Gasteiger partial charge in [0.05, 0.1) is 13.2 Å². The van der Waals surface area contributed by atoms with Gasteiger partial charge in [-0.2, -0.15) is 0 Å². The van der Waals surface area contributed by atoms with Crippen LogP contribution in [-0.4, -0.2) is 42.2 Å². The number of hydrogen-bond donors (Lipinski definition) is 1. The van der Waals surface area contributed by atoms with Gasteiger partial charge in [0.15, 0.2) is 11.6 Å². The summed E-state index contributed by atoms with van der Waals surface area (Å²) in [5.41, 5.74) is 0.275. The summed E-state index contributed by atoms with van der Waals surface area (Å²) in [6.07, 6.45) is 0.103. The van der Waals surface area contributed by atoms with E-state index in [1.807, 2.05) is 0 Å². The van der Waals surface area contributed by atoms with Gasteiger partial charge in [-0.05, 0) is 24.6 Å². The summed E-state index contributed by atoms with van der Waals surface area (Å²) in [5.74, 6) is -0.704.